The summed E-state index contributed by atoms with van der Waals surface area (Å²) in [6.07, 6.45) is 12.9. The molecule has 0 radical (unpaired) electrons. The Balaban J connectivity index is 0.00000481. The third-order valence-electron chi connectivity index (χ3n) is 10.8. The third-order valence-corrected chi connectivity index (χ3v) is 10.8. The van der Waals surface area contributed by atoms with E-state index in [4.69, 9.17) is 14.8 Å². The molecule has 5 nitrogen and oxygen atoms in total. The monoisotopic (exact) mass is 885 g/mol. The van der Waals surface area contributed by atoms with Crippen LogP contribution in [0.25, 0.3) is 33.3 Å². The summed E-state index contributed by atoms with van der Waals surface area (Å²) in [6, 6.07) is 28.8. The van der Waals surface area contributed by atoms with Crippen molar-refractivity contribution in [3.05, 3.63) is 119 Å². The fourth-order valence-electron chi connectivity index (χ4n) is 8.25. The molecule has 0 aliphatic heterocycles. The maximum atomic E-state index is 6.77. The summed E-state index contributed by atoms with van der Waals surface area (Å²) in [5.74, 6) is 3.20. The Morgan fingerprint density at radius 1 is 0.868 bits per heavy atom. The molecule has 0 saturated heterocycles. The number of nitrogens with zero attached hydrogens (tertiary/aromatic N) is 4. The Kier molecular flexibility index (Phi) is 11.8. The molecule has 0 amide bonds. The summed E-state index contributed by atoms with van der Waals surface area (Å²) < 4.78 is 11.2. The van der Waals surface area contributed by atoms with Gasteiger partial charge in [-0.2, -0.15) is 11.2 Å². The normalized spacial score (nSPS) is 16.2. The number of hydrogen-bond acceptors (Lipinski definition) is 3. The van der Waals surface area contributed by atoms with Gasteiger partial charge < -0.3 is 9.30 Å². The predicted octanol–water partition coefficient (Wildman–Crippen LogP) is 12.4. The zero-order valence-electron chi connectivity index (χ0n) is 32.8. The van der Waals surface area contributed by atoms with Crippen LogP contribution in [0.5, 0.6) is 11.5 Å². The fourth-order valence-corrected chi connectivity index (χ4v) is 8.25. The second kappa shape index (κ2) is 16.2. The van der Waals surface area contributed by atoms with Gasteiger partial charge in [0.15, 0.2) is 0 Å². The van der Waals surface area contributed by atoms with Crippen LogP contribution in [0.15, 0.2) is 78.5 Å². The molecule has 3 aromatic heterocycles. The van der Waals surface area contributed by atoms with E-state index in [1.54, 1.807) is 0 Å². The molecule has 3 aromatic carbocycles. The molecule has 278 valence electrons. The molecule has 1 aliphatic carbocycles. The first-order chi connectivity index (χ1) is 25.1. The number of pyridine rings is 1. The van der Waals surface area contributed by atoms with Crippen molar-refractivity contribution >= 4 is 21.8 Å². The van der Waals surface area contributed by atoms with Crippen molar-refractivity contribution in [1.29, 1.82) is 0 Å². The first-order valence-corrected chi connectivity index (χ1v) is 19.5. The van der Waals surface area contributed by atoms with E-state index in [0.717, 1.165) is 72.9 Å². The summed E-state index contributed by atoms with van der Waals surface area (Å²) in [5.41, 5.74) is 10.8. The van der Waals surface area contributed by atoms with E-state index >= 15 is 0 Å². The minimum Gasteiger partial charge on any atom is -0.509 e. The summed E-state index contributed by atoms with van der Waals surface area (Å²) in [6.45, 7) is 18.3. The van der Waals surface area contributed by atoms with Crippen molar-refractivity contribution in [3.63, 3.8) is 0 Å². The van der Waals surface area contributed by atoms with Crippen molar-refractivity contribution in [2.24, 2.45) is 5.92 Å². The van der Waals surface area contributed by atoms with Crippen LogP contribution in [0.1, 0.15) is 121 Å². The predicted molar refractivity (Wildman–Crippen MR) is 215 cm³/mol. The average molecular weight is 886 g/mol. The zero-order valence-corrected chi connectivity index (χ0v) is 35.0. The van der Waals surface area contributed by atoms with Gasteiger partial charge in [-0.05, 0) is 85.2 Å². The number of allylic oxidation sites excluding steroid dienone is 2. The Bertz CT molecular complexity index is 2250. The van der Waals surface area contributed by atoms with E-state index in [-0.39, 0.29) is 26.5 Å². The van der Waals surface area contributed by atoms with Crippen molar-refractivity contribution in [3.8, 4) is 23.0 Å². The number of aryl methyl sites for hydroxylation is 2. The standard InChI is InChI=1S/C47H54N4O.Pt/c1-9-15-33-24-25-48-44(26-33)50-41-21-13-12-20-38(41)39-23-22-36(30-43(39)50)52-37-28-34(47(6,7)8)27-35(29-37)51-42(17-11-3)46(40(49-51)16-10-2)45-31(4)18-14-19-32(45)5;/h12-13,18,20-28,32,45H,9-11,14-17,19H2,1-8H3;/q-2;+2/t32-,45?;/m0./s1. The molecule has 0 saturated carbocycles. The van der Waals surface area contributed by atoms with Crippen LogP contribution >= 0.6 is 0 Å². The van der Waals surface area contributed by atoms with Crippen LogP contribution < -0.4 is 4.74 Å². The molecule has 6 heteroatoms. The molecule has 6 aromatic rings. The van der Waals surface area contributed by atoms with Gasteiger partial charge in [-0.1, -0.05) is 103 Å². The number of hydrogen-bond donors (Lipinski definition) is 0. The molecule has 0 N–H and O–H groups in total. The molecule has 0 bridgehead atoms. The van der Waals surface area contributed by atoms with Gasteiger partial charge in [0.2, 0.25) is 0 Å². The minimum absolute atomic E-state index is 0. The number of para-hydroxylation sites is 1. The summed E-state index contributed by atoms with van der Waals surface area (Å²) in [4.78, 5) is 4.83. The van der Waals surface area contributed by atoms with Gasteiger partial charge in [0.1, 0.15) is 5.82 Å². The first-order valence-electron chi connectivity index (χ1n) is 19.5. The van der Waals surface area contributed by atoms with Gasteiger partial charge in [0.05, 0.1) is 5.69 Å². The Labute approximate surface area is 331 Å². The Morgan fingerprint density at radius 2 is 1.64 bits per heavy atom. The summed E-state index contributed by atoms with van der Waals surface area (Å²) in [5, 5.41) is 7.71. The molecule has 7 rings (SSSR count). The first kappa shape index (κ1) is 38.8. The van der Waals surface area contributed by atoms with Gasteiger partial charge in [-0.25, -0.2) is 4.98 Å². The molecule has 1 unspecified atom stereocenters. The fraction of sp³-hybridized carbons (Fsp3) is 0.404. The van der Waals surface area contributed by atoms with Crippen molar-refractivity contribution in [1.82, 2.24) is 19.3 Å². The van der Waals surface area contributed by atoms with Gasteiger partial charge in [0.25, 0.3) is 0 Å². The van der Waals surface area contributed by atoms with Crippen molar-refractivity contribution in [2.45, 2.75) is 118 Å². The molecule has 2 atom stereocenters. The van der Waals surface area contributed by atoms with Gasteiger partial charge in [-0.3, -0.25) is 4.68 Å². The largest absolute Gasteiger partial charge is 2.00 e. The van der Waals surface area contributed by atoms with E-state index in [1.165, 1.54) is 45.5 Å². The smallest absolute Gasteiger partial charge is 0.509 e. The van der Waals surface area contributed by atoms with E-state index in [0.29, 0.717) is 23.3 Å². The van der Waals surface area contributed by atoms with Gasteiger partial charge in [-0.15, -0.1) is 41.3 Å². The number of benzene rings is 3. The molecule has 0 spiro atoms. The van der Waals surface area contributed by atoms with E-state index in [1.807, 2.05) is 12.3 Å². The number of fused-ring (bicyclic) bond motifs is 3. The number of ether oxygens (including phenoxy) is 1. The van der Waals surface area contributed by atoms with Crippen LogP contribution in [-0.4, -0.2) is 19.3 Å². The van der Waals surface area contributed by atoms with Crippen LogP contribution in [0.4, 0.5) is 0 Å². The van der Waals surface area contributed by atoms with Gasteiger partial charge >= 0.3 is 21.1 Å². The van der Waals surface area contributed by atoms with E-state index in [2.05, 4.69) is 137 Å². The van der Waals surface area contributed by atoms with Crippen LogP contribution in [0.3, 0.4) is 0 Å². The topological polar surface area (TPSA) is 44.9 Å². The number of aromatic nitrogens is 4. The molecular formula is C47H54N4OPt. The molecule has 53 heavy (non-hydrogen) atoms. The maximum Gasteiger partial charge on any atom is 2.00 e. The molecule has 1 aliphatic rings. The molecule has 0 fully saturated rings. The Morgan fingerprint density at radius 3 is 2.38 bits per heavy atom. The zero-order chi connectivity index (χ0) is 36.6. The minimum atomic E-state index is -0.110. The third kappa shape index (κ3) is 7.70. The van der Waals surface area contributed by atoms with Crippen LogP contribution in [-0.2, 0) is 45.7 Å². The van der Waals surface area contributed by atoms with E-state index < -0.39 is 0 Å². The number of rotatable bonds is 11. The SMILES string of the molecule is CCCc1ccnc(-n2c3[c-]c(Oc4[c-]c(-n5nc(CCC)c(C6C(C)=CCC[C@@H]6C)c5CCC)cc(C(C)(C)C)c4)ccc3c3ccccc32)c1.[Pt+2]. The van der Waals surface area contributed by atoms with Crippen LogP contribution in [0, 0.1) is 18.1 Å². The molecular weight excluding hydrogens is 832 g/mol. The maximum absolute atomic E-state index is 6.77. The quantitative estimate of drug-likeness (QED) is 0.0962. The van der Waals surface area contributed by atoms with Crippen molar-refractivity contribution < 1.29 is 25.8 Å². The van der Waals surface area contributed by atoms with Crippen LogP contribution in [0.2, 0.25) is 0 Å². The average Bonchev–Trinajstić information content (AvgIpc) is 3.63. The second-order valence-electron chi connectivity index (χ2n) is 15.9. The summed E-state index contributed by atoms with van der Waals surface area (Å²) in [7, 11) is 0. The van der Waals surface area contributed by atoms with E-state index in [9.17, 15) is 0 Å². The van der Waals surface area contributed by atoms with Gasteiger partial charge in [0, 0.05) is 40.4 Å². The summed E-state index contributed by atoms with van der Waals surface area (Å²) >= 11 is 0. The second-order valence-corrected chi connectivity index (χ2v) is 15.9. The molecule has 3 heterocycles. The Hall–Kier alpha value is -3.95. The van der Waals surface area contributed by atoms with Crippen molar-refractivity contribution in [2.75, 3.05) is 0 Å².